The summed E-state index contributed by atoms with van der Waals surface area (Å²) in [7, 11) is 0. The first-order valence-electron chi connectivity index (χ1n) is 9.19. The monoisotopic (exact) mass is 323 g/mol. The molecule has 2 aromatic rings. The van der Waals surface area contributed by atoms with Crippen LogP contribution in [0.1, 0.15) is 36.9 Å². The summed E-state index contributed by atoms with van der Waals surface area (Å²) in [6, 6.07) is 20.2. The smallest absolute Gasteiger partial charge is 0.0400 e. The minimum atomic E-state index is 0.556. The summed E-state index contributed by atoms with van der Waals surface area (Å²) in [5, 5.41) is 6.97. The second-order valence-corrected chi connectivity index (χ2v) is 6.55. The van der Waals surface area contributed by atoms with E-state index in [2.05, 4.69) is 77.1 Å². The molecular formula is C21H29N3. The van der Waals surface area contributed by atoms with Gasteiger partial charge in [-0.2, -0.15) is 0 Å². The van der Waals surface area contributed by atoms with Crippen molar-refractivity contribution < 1.29 is 0 Å². The third-order valence-electron chi connectivity index (χ3n) is 4.79. The second-order valence-electron chi connectivity index (χ2n) is 6.55. The van der Waals surface area contributed by atoms with Gasteiger partial charge in [0.05, 0.1) is 0 Å². The van der Waals surface area contributed by atoms with Crippen molar-refractivity contribution in [2.24, 2.45) is 0 Å². The van der Waals surface area contributed by atoms with E-state index >= 15 is 0 Å². The van der Waals surface area contributed by atoms with Gasteiger partial charge in [-0.3, -0.25) is 4.90 Å². The van der Waals surface area contributed by atoms with Gasteiger partial charge in [-0.15, -0.1) is 0 Å². The number of hydrogen-bond donors (Lipinski definition) is 2. The highest BCUT2D eigenvalue weighted by Gasteiger charge is 2.21. The van der Waals surface area contributed by atoms with Crippen molar-refractivity contribution in [3.63, 3.8) is 0 Å². The van der Waals surface area contributed by atoms with E-state index < -0.39 is 0 Å². The molecule has 24 heavy (non-hydrogen) atoms. The van der Waals surface area contributed by atoms with Crippen LogP contribution in [0, 0.1) is 0 Å². The van der Waals surface area contributed by atoms with Crippen molar-refractivity contribution >= 4 is 5.69 Å². The SMILES string of the molecule is CCC[C@H](c1ccc(NCc2ccccc2)cc1)N1CCNCC1. The van der Waals surface area contributed by atoms with Gasteiger partial charge in [0.15, 0.2) is 0 Å². The Labute approximate surface area is 146 Å². The van der Waals surface area contributed by atoms with Gasteiger partial charge < -0.3 is 10.6 Å². The molecule has 1 aliphatic rings. The van der Waals surface area contributed by atoms with Gasteiger partial charge >= 0.3 is 0 Å². The molecule has 128 valence electrons. The minimum Gasteiger partial charge on any atom is -0.381 e. The van der Waals surface area contributed by atoms with Crippen molar-refractivity contribution in [1.82, 2.24) is 10.2 Å². The molecule has 1 atom stereocenters. The Kier molecular flexibility index (Phi) is 6.27. The maximum Gasteiger partial charge on any atom is 0.0400 e. The highest BCUT2D eigenvalue weighted by Crippen LogP contribution is 2.27. The zero-order valence-electron chi connectivity index (χ0n) is 14.7. The summed E-state index contributed by atoms with van der Waals surface area (Å²) in [6.45, 7) is 7.67. The maximum absolute atomic E-state index is 3.52. The third-order valence-corrected chi connectivity index (χ3v) is 4.79. The topological polar surface area (TPSA) is 27.3 Å². The molecule has 0 saturated carbocycles. The number of rotatable bonds is 7. The largest absolute Gasteiger partial charge is 0.381 e. The lowest BCUT2D eigenvalue weighted by Gasteiger charge is -2.35. The van der Waals surface area contributed by atoms with Gasteiger partial charge in [-0.1, -0.05) is 55.8 Å². The average Bonchev–Trinajstić information content (AvgIpc) is 2.66. The second kappa shape index (κ2) is 8.86. The summed E-state index contributed by atoms with van der Waals surface area (Å²) in [4.78, 5) is 2.63. The Morgan fingerprint density at radius 2 is 1.71 bits per heavy atom. The van der Waals surface area contributed by atoms with E-state index in [1.165, 1.54) is 29.7 Å². The Hall–Kier alpha value is -1.84. The van der Waals surface area contributed by atoms with Crippen LogP contribution >= 0.6 is 0 Å². The Balaban J connectivity index is 1.63. The highest BCUT2D eigenvalue weighted by atomic mass is 15.2. The molecule has 0 spiro atoms. The fourth-order valence-corrected chi connectivity index (χ4v) is 3.45. The van der Waals surface area contributed by atoms with Crippen LogP contribution in [0.2, 0.25) is 0 Å². The van der Waals surface area contributed by atoms with E-state index in [4.69, 9.17) is 0 Å². The molecule has 1 heterocycles. The number of nitrogens with zero attached hydrogens (tertiary/aromatic N) is 1. The van der Waals surface area contributed by atoms with Crippen LogP contribution in [0.15, 0.2) is 54.6 Å². The van der Waals surface area contributed by atoms with E-state index in [0.717, 1.165) is 32.7 Å². The van der Waals surface area contributed by atoms with Crippen LogP contribution in [-0.2, 0) is 6.54 Å². The molecule has 0 aromatic heterocycles. The van der Waals surface area contributed by atoms with Crippen LogP contribution in [0.4, 0.5) is 5.69 Å². The van der Waals surface area contributed by atoms with Crippen LogP contribution in [0.3, 0.4) is 0 Å². The lowest BCUT2D eigenvalue weighted by Crippen LogP contribution is -2.45. The van der Waals surface area contributed by atoms with E-state index in [0.29, 0.717) is 6.04 Å². The van der Waals surface area contributed by atoms with Gasteiger partial charge in [-0.25, -0.2) is 0 Å². The zero-order chi connectivity index (χ0) is 16.6. The Bertz CT molecular complexity index is 588. The van der Waals surface area contributed by atoms with E-state index in [-0.39, 0.29) is 0 Å². The molecule has 3 heteroatoms. The molecular weight excluding hydrogens is 294 g/mol. The predicted octanol–water partition coefficient (Wildman–Crippen LogP) is 4.05. The van der Waals surface area contributed by atoms with Crippen molar-refractivity contribution in [3.8, 4) is 0 Å². The summed E-state index contributed by atoms with van der Waals surface area (Å²) in [5.41, 5.74) is 3.95. The van der Waals surface area contributed by atoms with Crippen molar-refractivity contribution in [3.05, 3.63) is 65.7 Å². The normalized spacial score (nSPS) is 16.7. The summed E-state index contributed by atoms with van der Waals surface area (Å²) in [5.74, 6) is 0. The molecule has 1 saturated heterocycles. The van der Waals surface area contributed by atoms with Gasteiger partial charge in [0.2, 0.25) is 0 Å². The molecule has 0 aliphatic carbocycles. The van der Waals surface area contributed by atoms with E-state index in [9.17, 15) is 0 Å². The van der Waals surface area contributed by atoms with E-state index in [1.54, 1.807) is 0 Å². The number of anilines is 1. The van der Waals surface area contributed by atoms with Crippen molar-refractivity contribution in [2.75, 3.05) is 31.5 Å². The molecule has 2 aromatic carbocycles. The van der Waals surface area contributed by atoms with Crippen LogP contribution < -0.4 is 10.6 Å². The molecule has 0 bridgehead atoms. The first-order valence-corrected chi connectivity index (χ1v) is 9.19. The van der Waals surface area contributed by atoms with E-state index in [1.807, 2.05) is 0 Å². The Morgan fingerprint density at radius 1 is 1.00 bits per heavy atom. The molecule has 1 fully saturated rings. The third kappa shape index (κ3) is 4.59. The minimum absolute atomic E-state index is 0.556. The number of piperazine rings is 1. The summed E-state index contributed by atoms with van der Waals surface area (Å²) < 4.78 is 0. The lowest BCUT2D eigenvalue weighted by atomic mass is 9.99. The highest BCUT2D eigenvalue weighted by molar-refractivity contribution is 5.45. The summed E-state index contributed by atoms with van der Waals surface area (Å²) >= 11 is 0. The molecule has 0 radical (unpaired) electrons. The van der Waals surface area contributed by atoms with Gasteiger partial charge in [-0.05, 0) is 29.7 Å². The predicted molar refractivity (Wildman–Crippen MR) is 102 cm³/mol. The average molecular weight is 323 g/mol. The first kappa shape index (κ1) is 17.0. The molecule has 0 amide bonds. The first-order chi connectivity index (χ1) is 11.9. The molecule has 2 N–H and O–H groups in total. The summed E-state index contributed by atoms with van der Waals surface area (Å²) in [6.07, 6.45) is 2.46. The van der Waals surface area contributed by atoms with Crippen LogP contribution in [0.5, 0.6) is 0 Å². The number of hydrogen-bond acceptors (Lipinski definition) is 3. The van der Waals surface area contributed by atoms with Gasteiger partial charge in [0.25, 0.3) is 0 Å². The lowest BCUT2D eigenvalue weighted by molar-refractivity contribution is 0.164. The molecule has 3 rings (SSSR count). The Morgan fingerprint density at radius 3 is 2.38 bits per heavy atom. The standard InChI is InChI=1S/C21H29N3/c1-2-6-21(24-15-13-22-14-16-24)19-9-11-20(12-10-19)23-17-18-7-4-3-5-8-18/h3-5,7-12,21-23H,2,6,13-17H2,1H3/t21-/m1/s1. The fourth-order valence-electron chi connectivity index (χ4n) is 3.45. The number of benzene rings is 2. The van der Waals surface area contributed by atoms with Crippen molar-refractivity contribution in [2.45, 2.75) is 32.4 Å². The maximum atomic E-state index is 3.52. The zero-order valence-corrected chi connectivity index (χ0v) is 14.7. The van der Waals surface area contributed by atoms with Crippen LogP contribution in [0.25, 0.3) is 0 Å². The molecule has 1 aliphatic heterocycles. The van der Waals surface area contributed by atoms with Gasteiger partial charge in [0, 0.05) is 44.5 Å². The van der Waals surface area contributed by atoms with Crippen LogP contribution in [-0.4, -0.2) is 31.1 Å². The molecule has 3 nitrogen and oxygen atoms in total. The number of nitrogens with one attached hydrogen (secondary N) is 2. The molecule has 0 unspecified atom stereocenters. The fraction of sp³-hybridized carbons (Fsp3) is 0.429. The quantitative estimate of drug-likeness (QED) is 0.805. The van der Waals surface area contributed by atoms with Gasteiger partial charge in [0.1, 0.15) is 0 Å². The van der Waals surface area contributed by atoms with Crippen molar-refractivity contribution in [1.29, 1.82) is 0 Å².